The Morgan fingerprint density at radius 2 is 1.93 bits per heavy atom. The molecule has 2 unspecified atom stereocenters. The molecule has 0 amide bonds. The van der Waals surface area contributed by atoms with Crippen LogP contribution in [0.5, 0.6) is 0 Å². The predicted octanol–water partition coefficient (Wildman–Crippen LogP) is 1.29. The average Bonchev–Trinajstić information content (AvgIpc) is 2.15. The van der Waals surface area contributed by atoms with E-state index >= 15 is 0 Å². The number of rotatable bonds is 8. The molecule has 3 heteroatoms. The van der Waals surface area contributed by atoms with Crippen LogP contribution in [-0.2, 0) is 0 Å². The van der Waals surface area contributed by atoms with Gasteiger partial charge in [-0.2, -0.15) is 0 Å². The Balaban J connectivity index is 3.89. The topological polar surface area (TPSA) is 52.5 Å². The second-order valence-electron chi connectivity index (χ2n) is 4.30. The number of nitrogens with one attached hydrogen (secondary N) is 1. The van der Waals surface area contributed by atoms with E-state index in [0.717, 1.165) is 25.7 Å². The van der Waals surface area contributed by atoms with Gasteiger partial charge in [-0.1, -0.05) is 6.92 Å². The Kier molecular flexibility index (Phi) is 7.15. The van der Waals surface area contributed by atoms with Crippen molar-refractivity contribution in [2.75, 3.05) is 13.2 Å². The first-order valence-electron chi connectivity index (χ1n) is 5.57. The molecule has 0 heterocycles. The van der Waals surface area contributed by atoms with Crippen molar-refractivity contribution >= 4 is 0 Å². The summed E-state index contributed by atoms with van der Waals surface area (Å²) in [4.78, 5) is 0. The summed E-state index contributed by atoms with van der Waals surface area (Å²) in [5.74, 6) is 0. The molecule has 0 saturated heterocycles. The number of hydrogen-bond acceptors (Lipinski definition) is 3. The first kappa shape index (κ1) is 13.9. The van der Waals surface area contributed by atoms with E-state index in [-0.39, 0.29) is 18.8 Å². The van der Waals surface area contributed by atoms with E-state index in [4.69, 9.17) is 10.2 Å². The fourth-order valence-corrected chi connectivity index (χ4v) is 1.66. The molecule has 0 aromatic heterocycles. The lowest BCUT2D eigenvalue weighted by molar-refractivity contribution is 0.197. The summed E-state index contributed by atoms with van der Waals surface area (Å²) in [6.07, 6.45) is 3.62. The fraction of sp³-hybridized carbons (Fsp3) is 1.00. The van der Waals surface area contributed by atoms with Gasteiger partial charge < -0.3 is 15.5 Å². The van der Waals surface area contributed by atoms with Crippen LogP contribution < -0.4 is 5.32 Å². The third-order valence-corrected chi connectivity index (χ3v) is 2.83. The molecule has 3 N–H and O–H groups in total. The Bertz CT molecular complexity index is 141. The third kappa shape index (κ3) is 5.58. The molecule has 0 rings (SSSR count). The van der Waals surface area contributed by atoms with Gasteiger partial charge in [-0.3, -0.25) is 0 Å². The minimum absolute atomic E-state index is 0.0314. The smallest absolute Gasteiger partial charge is 0.0448 e. The Morgan fingerprint density at radius 1 is 1.29 bits per heavy atom. The zero-order valence-corrected chi connectivity index (χ0v) is 9.71. The largest absolute Gasteiger partial charge is 0.396 e. The monoisotopic (exact) mass is 203 g/mol. The van der Waals surface area contributed by atoms with Crippen molar-refractivity contribution in [2.24, 2.45) is 0 Å². The lowest BCUT2D eigenvalue weighted by Gasteiger charge is -2.32. The normalized spacial score (nSPS) is 17.8. The number of hydrogen-bond donors (Lipinski definition) is 3. The van der Waals surface area contributed by atoms with Gasteiger partial charge in [0.05, 0.1) is 0 Å². The zero-order valence-electron chi connectivity index (χ0n) is 9.71. The van der Waals surface area contributed by atoms with Gasteiger partial charge >= 0.3 is 0 Å². The van der Waals surface area contributed by atoms with E-state index in [2.05, 4.69) is 26.1 Å². The standard InChI is InChI=1S/C11H25NO2/c1-4-11(3,7-9-14)12-10(2)6-5-8-13/h10,12-14H,4-9H2,1-3H3. The number of aliphatic hydroxyl groups is 2. The second kappa shape index (κ2) is 7.21. The van der Waals surface area contributed by atoms with Gasteiger partial charge in [-0.05, 0) is 39.5 Å². The molecule has 14 heavy (non-hydrogen) atoms. The highest BCUT2D eigenvalue weighted by Crippen LogP contribution is 2.15. The highest BCUT2D eigenvalue weighted by Gasteiger charge is 2.22. The second-order valence-corrected chi connectivity index (χ2v) is 4.30. The molecule has 0 spiro atoms. The number of aliphatic hydroxyl groups excluding tert-OH is 2. The minimum Gasteiger partial charge on any atom is -0.396 e. The molecule has 3 nitrogen and oxygen atoms in total. The lowest BCUT2D eigenvalue weighted by atomic mass is 9.93. The maximum absolute atomic E-state index is 8.94. The van der Waals surface area contributed by atoms with Crippen LogP contribution in [0.4, 0.5) is 0 Å². The molecule has 0 aliphatic rings. The van der Waals surface area contributed by atoms with Crippen molar-refractivity contribution in [3.8, 4) is 0 Å². The highest BCUT2D eigenvalue weighted by molar-refractivity contribution is 4.83. The van der Waals surface area contributed by atoms with E-state index in [1.54, 1.807) is 0 Å². The van der Waals surface area contributed by atoms with E-state index in [9.17, 15) is 0 Å². The van der Waals surface area contributed by atoms with Crippen LogP contribution in [0.15, 0.2) is 0 Å². The Hall–Kier alpha value is -0.120. The van der Waals surface area contributed by atoms with E-state index in [1.807, 2.05) is 0 Å². The lowest BCUT2D eigenvalue weighted by Crippen LogP contribution is -2.47. The van der Waals surface area contributed by atoms with Gasteiger partial charge in [-0.25, -0.2) is 0 Å². The van der Waals surface area contributed by atoms with E-state index < -0.39 is 0 Å². The third-order valence-electron chi connectivity index (χ3n) is 2.83. The molecule has 0 fully saturated rings. The summed E-state index contributed by atoms with van der Waals surface area (Å²) in [5, 5.41) is 21.2. The zero-order chi connectivity index (χ0) is 11.0. The quantitative estimate of drug-likeness (QED) is 0.557. The van der Waals surface area contributed by atoms with Gasteiger partial charge in [0.2, 0.25) is 0 Å². The first-order chi connectivity index (χ1) is 6.58. The van der Waals surface area contributed by atoms with Crippen molar-refractivity contribution in [1.82, 2.24) is 5.32 Å². The van der Waals surface area contributed by atoms with Crippen LogP contribution in [0.2, 0.25) is 0 Å². The Morgan fingerprint density at radius 3 is 2.36 bits per heavy atom. The van der Waals surface area contributed by atoms with Gasteiger partial charge in [0.15, 0.2) is 0 Å². The van der Waals surface area contributed by atoms with E-state index in [1.165, 1.54) is 0 Å². The molecule has 0 bridgehead atoms. The van der Waals surface area contributed by atoms with Crippen molar-refractivity contribution in [3.63, 3.8) is 0 Å². The molecule has 0 aliphatic carbocycles. The fourth-order valence-electron chi connectivity index (χ4n) is 1.66. The van der Waals surface area contributed by atoms with Gasteiger partial charge in [0.1, 0.15) is 0 Å². The molecule has 0 aromatic rings. The average molecular weight is 203 g/mol. The maximum atomic E-state index is 8.94. The predicted molar refractivity (Wildman–Crippen MR) is 59.3 cm³/mol. The molecule has 2 atom stereocenters. The van der Waals surface area contributed by atoms with Crippen molar-refractivity contribution in [3.05, 3.63) is 0 Å². The molecule has 0 aliphatic heterocycles. The summed E-state index contributed by atoms with van der Waals surface area (Å²) in [6, 6.07) is 0.402. The van der Waals surface area contributed by atoms with Crippen LogP contribution in [-0.4, -0.2) is 35.0 Å². The van der Waals surface area contributed by atoms with Crippen LogP contribution in [0, 0.1) is 0 Å². The SMILES string of the molecule is CCC(C)(CCO)NC(C)CCCO. The summed E-state index contributed by atoms with van der Waals surface area (Å²) in [7, 11) is 0. The van der Waals surface area contributed by atoms with Crippen molar-refractivity contribution in [1.29, 1.82) is 0 Å². The summed E-state index contributed by atoms with van der Waals surface area (Å²) >= 11 is 0. The summed E-state index contributed by atoms with van der Waals surface area (Å²) in [5.41, 5.74) is 0.0314. The van der Waals surface area contributed by atoms with Crippen molar-refractivity contribution in [2.45, 2.75) is 58.0 Å². The van der Waals surface area contributed by atoms with Gasteiger partial charge in [-0.15, -0.1) is 0 Å². The van der Waals surface area contributed by atoms with Crippen LogP contribution in [0.3, 0.4) is 0 Å². The molecular weight excluding hydrogens is 178 g/mol. The molecule has 0 aromatic carbocycles. The van der Waals surface area contributed by atoms with Crippen LogP contribution >= 0.6 is 0 Å². The maximum Gasteiger partial charge on any atom is 0.0448 e. The minimum atomic E-state index is 0.0314. The van der Waals surface area contributed by atoms with Gasteiger partial charge in [0, 0.05) is 24.8 Å². The molecule has 0 radical (unpaired) electrons. The van der Waals surface area contributed by atoms with Crippen LogP contribution in [0.25, 0.3) is 0 Å². The van der Waals surface area contributed by atoms with Crippen molar-refractivity contribution < 1.29 is 10.2 Å². The van der Waals surface area contributed by atoms with Gasteiger partial charge in [0.25, 0.3) is 0 Å². The molecular formula is C11H25NO2. The van der Waals surface area contributed by atoms with Crippen LogP contribution in [0.1, 0.15) is 46.5 Å². The van der Waals surface area contributed by atoms with E-state index in [0.29, 0.717) is 6.04 Å². The molecule has 0 saturated carbocycles. The molecule has 86 valence electrons. The summed E-state index contributed by atoms with van der Waals surface area (Å²) < 4.78 is 0. The highest BCUT2D eigenvalue weighted by atomic mass is 16.3. The summed E-state index contributed by atoms with van der Waals surface area (Å²) in [6.45, 7) is 6.87. The Labute approximate surface area is 87.5 Å². The first-order valence-corrected chi connectivity index (χ1v) is 5.57.